The van der Waals surface area contributed by atoms with Crippen molar-refractivity contribution in [3.8, 4) is 0 Å². The maximum absolute atomic E-state index is 13.3. The van der Waals surface area contributed by atoms with Gasteiger partial charge in [-0.2, -0.15) is 0 Å². The minimum Gasteiger partial charge on any atom is -0.493 e. The maximum atomic E-state index is 13.3. The Kier molecular flexibility index (Phi) is 5.99. The number of amides is 1. The molecule has 152 valence electrons. The van der Waals surface area contributed by atoms with Gasteiger partial charge >= 0.3 is 0 Å². The van der Waals surface area contributed by atoms with Gasteiger partial charge < -0.3 is 19.5 Å². The lowest BCUT2D eigenvalue weighted by atomic mass is 9.77. The summed E-state index contributed by atoms with van der Waals surface area (Å²) in [4.78, 5) is 17.5. The predicted molar refractivity (Wildman–Crippen MR) is 105 cm³/mol. The smallest absolute Gasteiger partial charge is 0.229 e. The Morgan fingerprint density at radius 1 is 1.11 bits per heavy atom. The molecule has 0 saturated carbocycles. The van der Waals surface area contributed by atoms with Gasteiger partial charge in [0.15, 0.2) is 0 Å². The summed E-state index contributed by atoms with van der Waals surface area (Å²) in [7, 11) is 0. The molecule has 6 nitrogen and oxygen atoms in total. The van der Waals surface area contributed by atoms with Crippen molar-refractivity contribution in [2.45, 2.75) is 31.7 Å². The lowest BCUT2D eigenvalue weighted by Crippen LogP contribution is -2.53. The van der Waals surface area contributed by atoms with Crippen molar-refractivity contribution in [2.75, 3.05) is 39.3 Å². The molecule has 3 aliphatic heterocycles. The first-order valence-corrected chi connectivity index (χ1v) is 10.3. The molecule has 0 radical (unpaired) electrons. The fourth-order valence-electron chi connectivity index (χ4n) is 4.79. The van der Waals surface area contributed by atoms with Crippen molar-refractivity contribution in [3.63, 3.8) is 0 Å². The van der Waals surface area contributed by atoms with E-state index in [2.05, 4.69) is 11.5 Å². The molecule has 0 spiro atoms. The molecule has 1 amide bonds. The van der Waals surface area contributed by atoms with Crippen molar-refractivity contribution in [2.24, 2.45) is 11.8 Å². The third-order valence-corrected chi connectivity index (χ3v) is 6.30. The molecule has 3 heterocycles. The molecule has 1 N–H and O–H groups in total. The SMILES string of the molecule is C=C(OCc1ccccc1)C1C(C(=O)N2CCN(CCO)CC2)[C@@H]2CC[C@H]1O2. The van der Waals surface area contributed by atoms with Gasteiger partial charge in [0, 0.05) is 32.7 Å². The van der Waals surface area contributed by atoms with Crippen molar-refractivity contribution in [1.29, 1.82) is 0 Å². The number of aliphatic hydroxyl groups excluding tert-OH is 1. The lowest BCUT2D eigenvalue weighted by Gasteiger charge is -2.38. The Hall–Kier alpha value is -1.89. The molecule has 1 aromatic carbocycles. The van der Waals surface area contributed by atoms with E-state index in [1.165, 1.54) is 0 Å². The molecular weight excluding hydrogens is 356 g/mol. The lowest BCUT2D eigenvalue weighted by molar-refractivity contribution is -0.140. The number of β-amino-alcohol motifs (C(OH)–C–C–N with tert-alkyl or cyclic N) is 1. The fourth-order valence-corrected chi connectivity index (χ4v) is 4.79. The second-order valence-electron chi connectivity index (χ2n) is 7.97. The highest BCUT2D eigenvalue weighted by molar-refractivity contribution is 5.81. The number of rotatable bonds is 7. The molecule has 28 heavy (non-hydrogen) atoms. The molecule has 4 atom stereocenters. The average molecular weight is 386 g/mol. The van der Waals surface area contributed by atoms with Gasteiger partial charge in [0.25, 0.3) is 0 Å². The summed E-state index contributed by atoms with van der Waals surface area (Å²) in [5, 5.41) is 9.10. The molecule has 3 saturated heterocycles. The Balaban J connectivity index is 1.39. The van der Waals surface area contributed by atoms with Crippen molar-refractivity contribution in [3.05, 3.63) is 48.2 Å². The number of piperazine rings is 1. The molecule has 6 heteroatoms. The van der Waals surface area contributed by atoms with Crippen LogP contribution in [0.4, 0.5) is 0 Å². The van der Waals surface area contributed by atoms with Gasteiger partial charge in [0.05, 0.1) is 36.4 Å². The summed E-state index contributed by atoms with van der Waals surface area (Å²) in [5.41, 5.74) is 1.09. The minimum atomic E-state index is -0.189. The van der Waals surface area contributed by atoms with Crippen LogP contribution in [0.5, 0.6) is 0 Å². The number of hydrogen-bond donors (Lipinski definition) is 1. The highest BCUT2D eigenvalue weighted by atomic mass is 16.5. The number of benzene rings is 1. The number of hydrogen-bond acceptors (Lipinski definition) is 5. The largest absolute Gasteiger partial charge is 0.493 e. The number of fused-ring (bicyclic) bond motifs is 2. The third-order valence-electron chi connectivity index (χ3n) is 6.30. The van der Waals surface area contributed by atoms with Crippen LogP contribution in [0.1, 0.15) is 18.4 Å². The maximum Gasteiger partial charge on any atom is 0.229 e. The van der Waals surface area contributed by atoms with Crippen LogP contribution in [0.3, 0.4) is 0 Å². The summed E-state index contributed by atoms with van der Waals surface area (Å²) in [5.74, 6) is 0.593. The normalized spacial score (nSPS) is 29.8. The molecule has 3 aliphatic rings. The highest BCUT2D eigenvalue weighted by Gasteiger charge is 2.54. The van der Waals surface area contributed by atoms with Gasteiger partial charge in [-0.25, -0.2) is 0 Å². The summed E-state index contributed by atoms with van der Waals surface area (Å²) >= 11 is 0. The van der Waals surface area contributed by atoms with E-state index in [1.54, 1.807) is 0 Å². The third kappa shape index (κ3) is 3.95. The van der Waals surface area contributed by atoms with Gasteiger partial charge in [-0.05, 0) is 18.4 Å². The second kappa shape index (κ2) is 8.64. The zero-order valence-corrected chi connectivity index (χ0v) is 16.3. The van der Waals surface area contributed by atoms with E-state index >= 15 is 0 Å². The zero-order valence-electron chi connectivity index (χ0n) is 16.3. The van der Waals surface area contributed by atoms with Gasteiger partial charge in [0.2, 0.25) is 5.91 Å². The molecule has 0 aromatic heterocycles. The standard InChI is InChI=1S/C22H30N2O4/c1-16(27-15-17-5-3-2-4-6-17)20-18-7-8-19(28-18)21(20)22(26)24-11-9-23(10-12-24)13-14-25/h2-6,18-21,25H,1,7-15H2/t18-,19+,20?,21?/m1/s1. The van der Waals surface area contributed by atoms with E-state index in [1.807, 2.05) is 35.2 Å². The molecule has 1 aromatic rings. The number of carbonyl (C=O) groups is 1. The van der Waals surface area contributed by atoms with Crippen LogP contribution in [0.25, 0.3) is 0 Å². The molecular formula is C22H30N2O4. The monoisotopic (exact) mass is 386 g/mol. The molecule has 2 bridgehead atoms. The fraction of sp³-hybridized carbons (Fsp3) is 0.591. The van der Waals surface area contributed by atoms with E-state index in [4.69, 9.17) is 14.6 Å². The van der Waals surface area contributed by atoms with Crippen LogP contribution in [-0.4, -0.2) is 72.4 Å². The minimum absolute atomic E-state index is 0.0185. The van der Waals surface area contributed by atoms with Crippen LogP contribution in [0.2, 0.25) is 0 Å². The number of nitrogens with zero attached hydrogens (tertiary/aromatic N) is 2. The van der Waals surface area contributed by atoms with Crippen LogP contribution >= 0.6 is 0 Å². The first-order chi connectivity index (χ1) is 13.7. The van der Waals surface area contributed by atoms with Crippen molar-refractivity contribution < 1.29 is 19.4 Å². The Labute approximate surface area is 166 Å². The quantitative estimate of drug-likeness (QED) is 0.722. The van der Waals surface area contributed by atoms with Gasteiger partial charge in [0.1, 0.15) is 6.61 Å². The Bertz CT molecular complexity index is 687. The molecule has 3 fully saturated rings. The zero-order chi connectivity index (χ0) is 19.5. The second-order valence-corrected chi connectivity index (χ2v) is 7.97. The number of ether oxygens (including phenoxy) is 2. The van der Waals surface area contributed by atoms with Crippen LogP contribution < -0.4 is 0 Å². The topological polar surface area (TPSA) is 62.2 Å². The van der Waals surface area contributed by atoms with Crippen molar-refractivity contribution in [1.82, 2.24) is 9.80 Å². The van der Waals surface area contributed by atoms with Gasteiger partial charge in [-0.1, -0.05) is 36.9 Å². The predicted octanol–water partition coefficient (Wildman–Crippen LogP) is 1.65. The Morgan fingerprint density at radius 2 is 1.79 bits per heavy atom. The highest BCUT2D eigenvalue weighted by Crippen LogP contribution is 2.47. The first-order valence-electron chi connectivity index (χ1n) is 10.3. The summed E-state index contributed by atoms with van der Waals surface area (Å²) in [6.45, 7) is 8.51. The summed E-state index contributed by atoms with van der Waals surface area (Å²) in [6.07, 6.45) is 1.93. The molecule has 0 aliphatic carbocycles. The van der Waals surface area contributed by atoms with Crippen LogP contribution in [0, 0.1) is 11.8 Å². The first kappa shape index (κ1) is 19.4. The van der Waals surface area contributed by atoms with E-state index in [-0.39, 0.29) is 36.6 Å². The average Bonchev–Trinajstić information content (AvgIpc) is 3.35. The summed E-state index contributed by atoms with van der Waals surface area (Å²) < 4.78 is 12.1. The number of aliphatic hydroxyl groups is 1. The Morgan fingerprint density at radius 3 is 2.46 bits per heavy atom. The van der Waals surface area contributed by atoms with E-state index in [0.717, 1.165) is 31.5 Å². The van der Waals surface area contributed by atoms with Crippen LogP contribution in [0.15, 0.2) is 42.7 Å². The van der Waals surface area contributed by atoms with Crippen molar-refractivity contribution >= 4 is 5.91 Å². The van der Waals surface area contributed by atoms with Gasteiger partial charge in [-0.3, -0.25) is 9.69 Å². The molecule has 2 unspecified atom stereocenters. The van der Waals surface area contributed by atoms with Gasteiger partial charge in [-0.15, -0.1) is 0 Å². The molecule has 4 rings (SSSR count). The summed E-state index contributed by atoms with van der Waals surface area (Å²) in [6, 6.07) is 10.0. The van der Waals surface area contributed by atoms with E-state index in [0.29, 0.717) is 32.0 Å². The van der Waals surface area contributed by atoms with Crippen LogP contribution in [-0.2, 0) is 20.9 Å². The van der Waals surface area contributed by atoms with E-state index in [9.17, 15) is 4.79 Å². The van der Waals surface area contributed by atoms with E-state index < -0.39 is 0 Å². The number of carbonyl (C=O) groups excluding carboxylic acids is 1.